The number of carbonyl (C=O) groups is 4. The third kappa shape index (κ3) is 8.21. The van der Waals surface area contributed by atoms with Crippen molar-refractivity contribution < 1.29 is 19.2 Å². The fourth-order valence-corrected chi connectivity index (χ4v) is 4.20. The molecule has 0 fully saturated rings. The van der Waals surface area contributed by atoms with E-state index in [1.54, 1.807) is 55.5 Å². The fourth-order valence-electron chi connectivity index (χ4n) is 3.33. The van der Waals surface area contributed by atoms with Crippen molar-refractivity contribution in [2.45, 2.75) is 36.5 Å². The molecule has 0 spiro atoms. The normalized spacial score (nSPS) is 11.9. The van der Waals surface area contributed by atoms with Crippen LogP contribution in [-0.4, -0.2) is 34.9 Å². The van der Waals surface area contributed by atoms with Gasteiger partial charge in [0.25, 0.3) is 5.91 Å². The monoisotopic (exact) mass is 529 g/mol. The summed E-state index contributed by atoms with van der Waals surface area (Å²) in [5.41, 5.74) is 8.10. The smallest absolute Gasteiger partial charge is 0.251 e. The summed E-state index contributed by atoms with van der Waals surface area (Å²) in [6.07, 6.45) is -0.369. The highest BCUT2D eigenvalue weighted by atomic mass is 32.2. The molecule has 3 rings (SSSR count). The van der Waals surface area contributed by atoms with Crippen LogP contribution in [0.4, 0.5) is 11.4 Å². The van der Waals surface area contributed by atoms with Crippen LogP contribution in [-0.2, 0) is 14.4 Å². The van der Waals surface area contributed by atoms with Gasteiger partial charge in [0.2, 0.25) is 17.7 Å². The Hall–Kier alpha value is -4.62. The van der Waals surface area contributed by atoms with E-state index < -0.39 is 29.0 Å². The van der Waals surface area contributed by atoms with Crippen LogP contribution < -0.4 is 21.7 Å². The summed E-state index contributed by atoms with van der Waals surface area (Å²) >= 11 is 1.35. The summed E-state index contributed by atoms with van der Waals surface area (Å²) in [6.45, 7) is 3.68. The number of nitrogens with zero attached hydrogens (tertiary/aromatic N) is 1. The van der Waals surface area contributed by atoms with Crippen LogP contribution in [0, 0.1) is 18.3 Å². The molecular formula is C28H27N5O4S. The quantitative estimate of drug-likeness (QED) is 0.294. The highest BCUT2D eigenvalue weighted by Gasteiger charge is 2.24. The Labute approximate surface area is 224 Å². The van der Waals surface area contributed by atoms with E-state index in [2.05, 4.69) is 22.0 Å². The third-order valence-corrected chi connectivity index (χ3v) is 6.54. The number of nitrogens with one attached hydrogen (secondary N) is 3. The third-order valence-electron chi connectivity index (χ3n) is 5.43. The molecule has 9 nitrogen and oxygen atoms in total. The molecule has 0 saturated carbocycles. The Balaban J connectivity index is 1.59. The molecule has 0 aliphatic carbocycles. The molecule has 2 unspecified atom stereocenters. The van der Waals surface area contributed by atoms with E-state index in [0.29, 0.717) is 16.9 Å². The molecule has 194 valence electrons. The zero-order valence-electron chi connectivity index (χ0n) is 20.9. The molecule has 0 aromatic heterocycles. The van der Waals surface area contributed by atoms with Gasteiger partial charge in [0.15, 0.2) is 0 Å². The van der Waals surface area contributed by atoms with Crippen LogP contribution in [0.5, 0.6) is 0 Å². The molecule has 3 aromatic rings. The van der Waals surface area contributed by atoms with E-state index in [-0.39, 0.29) is 17.9 Å². The molecule has 0 saturated heterocycles. The Bertz CT molecular complexity index is 1350. The van der Waals surface area contributed by atoms with Gasteiger partial charge < -0.3 is 21.7 Å². The number of nitriles is 1. The first-order valence-electron chi connectivity index (χ1n) is 11.7. The van der Waals surface area contributed by atoms with E-state index in [4.69, 9.17) is 11.0 Å². The lowest BCUT2D eigenvalue weighted by atomic mass is 10.1. The molecule has 5 N–H and O–H groups in total. The lowest BCUT2D eigenvalue weighted by molar-refractivity contribution is -0.123. The minimum Gasteiger partial charge on any atom is -0.370 e. The first-order valence-corrected chi connectivity index (χ1v) is 12.6. The number of benzene rings is 3. The lowest BCUT2D eigenvalue weighted by Gasteiger charge is -2.17. The average Bonchev–Trinajstić information content (AvgIpc) is 2.90. The number of carbonyl (C=O) groups excluding carboxylic acids is 4. The van der Waals surface area contributed by atoms with Crippen molar-refractivity contribution >= 4 is 46.8 Å². The largest absolute Gasteiger partial charge is 0.370 e. The van der Waals surface area contributed by atoms with E-state index >= 15 is 0 Å². The highest BCUT2D eigenvalue weighted by molar-refractivity contribution is 8.00. The number of thioether (sulfide) groups is 1. The maximum absolute atomic E-state index is 12.8. The minimum atomic E-state index is -1.17. The number of hydrogen-bond donors (Lipinski definition) is 4. The van der Waals surface area contributed by atoms with Crippen LogP contribution >= 0.6 is 11.8 Å². The van der Waals surface area contributed by atoms with E-state index in [1.807, 2.05) is 19.1 Å². The standard InChI is InChI=1S/C28H27N5O4S/c1-17-3-9-21(10-4-17)32-28(37)24(15-25(30)34)33-27(36)20-7-11-22(12-8-20)31-26(35)18(2)38-23-13-5-19(16-29)6-14-23/h3-14,18,24H,15H2,1-2H3,(H2,30,34)(H,31,35)(H,32,37)(H,33,36). The van der Waals surface area contributed by atoms with Gasteiger partial charge in [-0.2, -0.15) is 5.26 Å². The van der Waals surface area contributed by atoms with Gasteiger partial charge in [0.05, 0.1) is 23.3 Å². The summed E-state index contributed by atoms with van der Waals surface area (Å²) in [4.78, 5) is 50.4. The van der Waals surface area contributed by atoms with Gasteiger partial charge in [-0.1, -0.05) is 17.7 Å². The van der Waals surface area contributed by atoms with Crippen molar-refractivity contribution in [2.75, 3.05) is 10.6 Å². The number of rotatable bonds is 10. The van der Waals surface area contributed by atoms with Crippen LogP contribution in [0.1, 0.15) is 34.8 Å². The summed E-state index contributed by atoms with van der Waals surface area (Å²) in [5, 5.41) is 16.5. The van der Waals surface area contributed by atoms with Crippen LogP contribution in [0.2, 0.25) is 0 Å². The Kier molecular flexibility index (Phi) is 9.62. The van der Waals surface area contributed by atoms with Crippen molar-refractivity contribution in [3.8, 4) is 6.07 Å². The molecule has 0 heterocycles. The molecule has 0 bridgehead atoms. The van der Waals surface area contributed by atoms with Crippen molar-refractivity contribution in [3.05, 3.63) is 89.5 Å². The van der Waals surface area contributed by atoms with Crippen LogP contribution in [0.15, 0.2) is 77.7 Å². The molecule has 38 heavy (non-hydrogen) atoms. The zero-order chi connectivity index (χ0) is 27.7. The number of primary amides is 1. The van der Waals surface area contributed by atoms with Crippen LogP contribution in [0.25, 0.3) is 0 Å². The van der Waals surface area contributed by atoms with Gasteiger partial charge in [-0.25, -0.2) is 0 Å². The fraction of sp³-hybridized carbons (Fsp3) is 0.179. The van der Waals surface area contributed by atoms with Gasteiger partial charge in [0, 0.05) is 21.8 Å². The number of aryl methyl sites for hydroxylation is 1. The van der Waals surface area contributed by atoms with Gasteiger partial charge in [-0.15, -0.1) is 11.8 Å². The molecule has 4 amide bonds. The summed E-state index contributed by atoms with van der Waals surface area (Å²) < 4.78 is 0. The van der Waals surface area contributed by atoms with Crippen molar-refractivity contribution in [3.63, 3.8) is 0 Å². The minimum absolute atomic E-state index is 0.231. The number of amides is 4. The lowest BCUT2D eigenvalue weighted by Crippen LogP contribution is -2.46. The maximum Gasteiger partial charge on any atom is 0.251 e. The maximum atomic E-state index is 12.8. The molecule has 2 atom stereocenters. The number of nitrogens with two attached hydrogens (primary N) is 1. The second kappa shape index (κ2) is 13.1. The van der Waals surface area contributed by atoms with E-state index in [1.165, 1.54) is 23.9 Å². The summed E-state index contributed by atoms with van der Waals surface area (Å²) in [6, 6.07) is 21.1. The predicted octanol–water partition coefficient (Wildman–Crippen LogP) is 3.60. The molecule has 10 heteroatoms. The second-order valence-corrected chi connectivity index (χ2v) is 9.93. The first-order chi connectivity index (χ1) is 18.1. The Morgan fingerprint density at radius 2 is 1.42 bits per heavy atom. The average molecular weight is 530 g/mol. The van der Waals surface area contributed by atoms with Crippen molar-refractivity contribution in [1.82, 2.24) is 5.32 Å². The van der Waals surface area contributed by atoms with E-state index in [0.717, 1.165) is 10.5 Å². The molecule has 0 aliphatic rings. The number of hydrogen-bond acceptors (Lipinski definition) is 6. The van der Waals surface area contributed by atoms with Gasteiger partial charge >= 0.3 is 0 Å². The SMILES string of the molecule is Cc1ccc(NC(=O)C(CC(N)=O)NC(=O)c2ccc(NC(=O)C(C)Sc3ccc(C#N)cc3)cc2)cc1. The molecule has 3 aromatic carbocycles. The van der Waals surface area contributed by atoms with Crippen molar-refractivity contribution in [2.24, 2.45) is 5.73 Å². The van der Waals surface area contributed by atoms with Crippen molar-refractivity contribution in [1.29, 1.82) is 5.26 Å². The Morgan fingerprint density at radius 3 is 1.97 bits per heavy atom. The van der Waals surface area contributed by atoms with E-state index in [9.17, 15) is 19.2 Å². The first kappa shape index (κ1) is 28.0. The molecular weight excluding hydrogens is 502 g/mol. The topological polar surface area (TPSA) is 154 Å². The number of anilines is 2. The van der Waals surface area contributed by atoms with Crippen LogP contribution in [0.3, 0.4) is 0 Å². The predicted molar refractivity (Wildman–Crippen MR) is 146 cm³/mol. The molecule has 0 aliphatic heterocycles. The zero-order valence-corrected chi connectivity index (χ0v) is 21.7. The summed E-state index contributed by atoms with van der Waals surface area (Å²) in [7, 11) is 0. The highest BCUT2D eigenvalue weighted by Crippen LogP contribution is 2.24. The summed E-state index contributed by atoms with van der Waals surface area (Å²) in [5.74, 6) is -2.11. The second-order valence-electron chi connectivity index (χ2n) is 8.51. The van der Waals surface area contributed by atoms with Gasteiger partial charge in [-0.3, -0.25) is 19.2 Å². The molecule has 0 radical (unpaired) electrons. The Morgan fingerprint density at radius 1 is 0.868 bits per heavy atom. The van der Waals surface area contributed by atoms with Gasteiger partial charge in [0.1, 0.15) is 6.04 Å². The van der Waals surface area contributed by atoms with Gasteiger partial charge in [-0.05, 0) is 74.5 Å².